The highest BCUT2D eigenvalue weighted by Gasteiger charge is 2.21. The van der Waals surface area contributed by atoms with Gasteiger partial charge in [0.2, 0.25) is 10.0 Å². The van der Waals surface area contributed by atoms with Crippen LogP contribution < -0.4 is 10.0 Å². The topological polar surface area (TPSA) is 187 Å². The van der Waals surface area contributed by atoms with Crippen molar-refractivity contribution in [3.05, 3.63) is 45.1 Å². The molecule has 2 aromatic rings. The number of aromatic hydroxyl groups is 1. The van der Waals surface area contributed by atoms with Crippen LogP contribution in [0.5, 0.6) is 5.75 Å². The summed E-state index contributed by atoms with van der Waals surface area (Å²) >= 11 is 0.949. The number of hydrogen-bond acceptors (Lipinski definition) is 8. The molecule has 13 heteroatoms. The van der Waals surface area contributed by atoms with Gasteiger partial charge >= 0.3 is 11.9 Å². The number of carbonyl (C=O) groups excluding carboxylic acids is 2. The van der Waals surface area contributed by atoms with Gasteiger partial charge in [0.05, 0.1) is 22.2 Å². The predicted octanol–water partition coefficient (Wildman–Crippen LogP) is 0.711. The Kier molecular flexibility index (Phi) is 7.49. The Labute approximate surface area is 180 Å². The van der Waals surface area contributed by atoms with Gasteiger partial charge in [-0.05, 0) is 36.8 Å². The van der Waals surface area contributed by atoms with Crippen LogP contribution in [0.2, 0.25) is 0 Å². The Hall–Kier alpha value is -3.29. The van der Waals surface area contributed by atoms with Crippen molar-refractivity contribution in [2.45, 2.75) is 30.8 Å². The molecule has 0 radical (unpaired) electrons. The normalized spacial score (nSPS) is 12.2. The van der Waals surface area contributed by atoms with Crippen LogP contribution in [0.1, 0.15) is 36.9 Å². The van der Waals surface area contributed by atoms with E-state index in [0.717, 1.165) is 29.5 Å². The summed E-state index contributed by atoms with van der Waals surface area (Å²) in [5, 5.41) is 29.5. The van der Waals surface area contributed by atoms with Crippen LogP contribution in [0, 0.1) is 6.92 Å². The number of aromatic carboxylic acids is 1. The van der Waals surface area contributed by atoms with E-state index in [2.05, 4.69) is 10.0 Å². The second-order valence-electron chi connectivity index (χ2n) is 6.34. The van der Waals surface area contributed by atoms with Crippen LogP contribution in [0.3, 0.4) is 0 Å². The highest BCUT2D eigenvalue weighted by Crippen LogP contribution is 2.24. The standard InChI is InChI=1S/C18H18N2O9S2/c1-9-4-14(17(25)20-10(8-21)5-16(23)24)30-15(9)7-19-31(28,29)11-2-3-13(22)12(6-11)18(26)27/h2-4,6,8,10,19,22H,5,7H2,1H3,(H,20,25)(H,23,24)(H,26,27)/t10-/m0/s1. The third-order valence-corrected chi connectivity index (χ3v) is 6.69. The molecule has 0 unspecified atom stereocenters. The number of phenols is 1. The van der Waals surface area contributed by atoms with E-state index in [-0.39, 0.29) is 16.3 Å². The lowest BCUT2D eigenvalue weighted by atomic mass is 10.2. The highest BCUT2D eigenvalue weighted by atomic mass is 32.2. The zero-order valence-corrected chi connectivity index (χ0v) is 17.6. The van der Waals surface area contributed by atoms with Gasteiger partial charge in [-0.2, -0.15) is 0 Å². The average Bonchev–Trinajstić information content (AvgIpc) is 3.06. The number of sulfonamides is 1. The maximum atomic E-state index is 12.5. The Balaban J connectivity index is 2.14. The maximum absolute atomic E-state index is 12.5. The number of aryl methyl sites for hydroxylation is 1. The fourth-order valence-corrected chi connectivity index (χ4v) is 4.60. The van der Waals surface area contributed by atoms with E-state index in [9.17, 15) is 32.7 Å². The minimum atomic E-state index is -4.13. The number of rotatable bonds is 10. The molecule has 11 nitrogen and oxygen atoms in total. The number of nitrogens with one attached hydrogen (secondary N) is 2. The summed E-state index contributed by atoms with van der Waals surface area (Å²) in [7, 11) is -4.13. The third-order valence-electron chi connectivity index (χ3n) is 4.05. The van der Waals surface area contributed by atoms with Crippen molar-refractivity contribution in [2.24, 2.45) is 0 Å². The van der Waals surface area contributed by atoms with Crippen molar-refractivity contribution in [3.8, 4) is 5.75 Å². The number of aliphatic carboxylic acids is 1. The molecule has 0 saturated heterocycles. The van der Waals surface area contributed by atoms with Gasteiger partial charge in [0.1, 0.15) is 17.6 Å². The molecule has 0 aliphatic heterocycles. The van der Waals surface area contributed by atoms with E-state index >= 15 is 0 Å². The van der Waals surface area contributed by atoms with E-state index in [1.807, 2.05) is 0 Å². The first kappa shape index (κ1) is 24.0. The molecule has 0 fully saturated rings. The van der Waals surface area contributed by atoms with Crippen molar-refractivity contribution < 1.29 is 42.9 Å². The second kappa shape index (κ2) is 9.68. The van der Waals surface area contributed by atoms with Crippen molar-refractivity contribution in [1.82, 2.24) is 10.0 Å². The van der Waals surface area contributed by atoms with Gasteiger partial charge in [-0.3, -0.25) is 9.59 Å². The largest absolute Gasteiger partial charge is 0.507 e. The van der Waals surface area contributed by atoms with Crippen LogP contribution in [-0.2, 0) is 26.2 Å². The van der Waals surface area contributed by atoms with E-state index in [1.54, 1.807) is 6.92 Å². The summed E-state index contributed by atoms with van der Waals surface area (Å²) in [5.74, 6) is -4.00. The van der Waals surface area contributed by atoms with Crippen LogP contribution >= 0.6 is 11.3 Å². The number of hydrogen-bond donors (Lipinski definition) is 5. The SMILES string of the molecule is Cc1cc(C(=O)N[C@H](C=O)CC(=O)O)sc1CNS(=O)(=O)c1ccc(O)c(C(=O)O)c1. The van der Waals surface area contributed by atoms with E-state index < -0.39 is 51.6 Å². The molecule has 1 amide bonds. The number of carboxylic acids is 2. The summed E-state index contributed by atoms with van der Waals surface area (Å²) in [6.07, 6.45) is -0.262. The summed E-state index contributed by atoms with van der Waals surface area (Å²) in [6, 6.07) is 3.09. The zero-order valence-electron chi connectivity index (χ0n) is 16.0. The molecule has 31 heavy (non-hydrogen) atoms. The molecule has 0 spiro atoms. The van der Waals surface area contributed by atoms with Gasteiger partial charge in [-0.15, -0.1) is 11.3 Å². The molecule has 0 bridgehead atoms. The minimum Gasteiger partial charge on any atom is -0.507 e. The third kappa shape index (κ3) is 6.10. The lowest BCUT2D eigenvalue weighted by Crippen LogP contribution is -2.37. The van der Waals surface area contributed by atoms with Gasteiger partial charge in [0.25, 0.3) is 5.91 Å². The van der Waals surface area contributed by atoms with Crippen LogP contribution in [0.25, 0.3) is 0 Å². The van der Waals surface area contributed by atoms with Crippen LogP contribution in [-0.4, -0.2) is 53.9 Å². The minimum absolute atomic E-state index is 0.154. The predicted molar refractivity (Wildman–Crippen MR) is 108 cm³/mol. The van der Waals surface area contributed by atoms with E-state index in [0.29, 0.717) is 16.7 Å². The van der Waals surface area contributed by atoms with Crippen molar-refractivity contribution in [3.63, 3.8) is 0 Å². The van der Waals surface area contributed by atoms with Gasteiger partial charge in [-0.25, -0.2) is 17.9 Å². The monoisotopic (exact) mass is 470 g/mol. The second-order valence-corrected chi connectivity index (χ2v) is 9.24. The molecule has 1 aromatic carbocycles. The fraction of sp³-hybridized carbons (Fsp3) is 0.222. The van der Waals surface area contributed by atoms with Crippen LogP contribution in [0.15, 0.2) is 29.2 Å². The first-order valence-corrected chi connectivity index (χ1v) is 10.9. The lowest BCUT2D eigenvalue weighted by Gasteiger charge is -2.09. The van der Waals surface area contributed by atoms with Crippen molar-refractivity contribution >= 4 is 45.5 Å². The van der Waals surface area contributed by atoms with E-state index in [4.69, 9.17) is 10.2 Å². The number of carboxylic acid groups (broad SMARTS) is 2. The summed E-state index contributed by atoms with van der Waals surface area (Å²) in [6.45, 7) is 1.43. The van der Waals surface area contributed by atoms with Gasteiger partial charge in [-0.1, -0.05) is 0 Å². The molecular weight excluding hydrogens is 452 g/mol. The number of benzene rings is 1. The molecule has 1 atom stereocenters. The van der Waals surface area contributed by atoms with Gasteiger partial charge in [0, 0.05) is 11.4 Å². The van der Waals surface area contributed by atoms with Crippen molar-refractivity contribution in [1.29, 1.82) is 0 Å². The first-order chi connectivity index (χ1) is 14.4. The Morgan fingerprint density at radius 2 is 1.87 bits per heavy atom. The summed E-state index contributed by atoms with van der Waals surface area (Å²) in [5.41, 5.74) is 0.0101. The van der Waals surface area contributed by atoms with Crippen molar-refractivity contribution in [2.75, 3.05) is 0 Å². The molecule has 2 rings (SSSR count). The Morgan fingerprint density at radius 3 is 2.45 bits per heavy atom. The van der Waals surface area contributed by atoms with E-state index in [1.165, 1.54) is 6.07 Å². The zero-order chi connectivity index (χ0) is 23.3. The highest BCUT2D eigenvalue weighted by molar-refractivity contribution is 7.89. The van der Waals surface area contributed by atoms with Gasteiger partial charge < -0.3 is 25.4 Å². The first-order valence-electron chi connectivity index (χ1n) is 8.58. The summed E-state index contributed by atoms with van der Waals surface area (Å²) in [4.78, 5) is 45.2. The maximum Gasteiger partial charge on any atom is 0.339 e. The summed E-state index contributed by atoms with van der Waals surface area (Å²) < 4.78 is 27.2. The number of amides is 1. The number of carbonyl (C=O) groups is 4. The Bertz CT molecular complexity index is 1140. The molecule has 0 aliphatic rings. The average molecular weight is 470 g/mol. The van der Waals surface area contributed by atoms with Gasteiger partial charge in [0.15, 0.2) is 0 Å². The molecule has 5 N–H and O–H groups in total. The molecule has 1 aromatic heterocycles. The molecular formula is C18H18N2O9S2. The lowest BCUT2D eigenvalue weighted by molar-refractivity contribution is -0.138. The van der Waals surface area contributed by atoms with Crippen LogP contribution in [0.4, 0.5) is 0 Å². The number of aldehydes is 1. The quantitative estimate of drug-likeness (QED) is 0.312. The molecule has 166 valence electrons. The smallest absolute Gasteiger partial charge is 0.339 e. The molecule has 0 aliphatic carbocycles. The number of thiophene rings is 1. The molecule has 0 saturated carbocycles. The molecule has 1 heterocycles. The fourth-order valence-electron chi connectivity index (χ4n) is 2.47. The Morgan fingerprint density at radius 1 is 1.19 bits per heavy atom.